The van der Waals surface area contributed by atoms with Gasteiger partial charge in [-0.2, -0.15) is 0 Å². The lowest BCUT2D eigenvalue weighted by Crippen LogP contribution is -2.56. The summed E-state index contributed by atoms with van der Waals surface area (Å²) >= 11 is 0. The summed E-state index contributed by atoms with van der Waals surface area (Å²) in [5, 5.41) is 9.61. The maximum absolute atomic E-state index is 12.1. The van der Waals surface area contributed by atoms with Gasteiger partial charge >= 0.3 is 5.97 Å². The van der Waals surface area contributed by atoms with Crippen LogP contribution in [0.5, 0.6) is 0 Å². The topological polar surface area (TPSA) is 113 Å². The van der Waals surface area contributed by atoms with Crippen LogP contribution >= 0.6 is 0 Å². The van der Waals surface area contributed by atoms with Crippen LogP contribution in [0.4, 0.5) is 0 Å². The Hall–Kier alpha value is -1.97. The van der Waals surface area contributed by atoms with Gasteiger partial charge in [0.2, 0.25) is 10.0 Å². The first-order valence-electron chi connectivity index (χ1n) is 6.56. The highest BCUT2D eigenvalue weighted by Crippen LogP contribution is 2.11. The molecule has 1 aromatic rings. The van der Waals surface area contributed by atoms with Crippen molar-refractivity contribution in [3.8, 4) is 0 Å². The Kier molecular flexibility index (Phi) is 5.11. The van der Waals surface area contributed by atoms with Crippen LogP contribution in [0.25, 0.3) is 0 Å². The Balaban J connectivity index is 2.02. The van der Waals surface area contributed by atoms with E-state index < -0.39 is 34.4 Å². The van der Waals surface area contributed by atoms with Gasteiger partial charge in [-0.05, 0) is 5.56 Å². The summed E-state index contributed by atoms with van der Waals surface area (Å²) in [6.07, 6.45) is -1.68. The molecule has 1 aliphatic heterocycles. The first-order valence-corrected chi connectivity index (χ1v) is 8.21. The number of rotatable bonds is 6. The summed E-state index contributed by atoms with van der Waals surface area (Å²) < 4.78 is 29.2. The number of aliphatic carboxylic acids is 1. The van der Waals surface area contributed by atoms with Crippen molar-refractivity contribution >= 4 is 21.9 Å². The summed E-state index contributed by atoms with van der Waals surface area (Å²) in [5.74, 6) is -2.17. The third-order valence-corrected chi connectivity index (χ3v) is 4.20. The van der Waals surface area contributed by atoms with E-state index in [1.54, 1.807) is 30.3 Å². The van der Waals surface area contributed by atoms with Gasteiger partial charge in [0.25, 0.3) is 5.91 Å². The van der Waals surface area contributed by atoms with Gasteiger partial charge in [-0.3, -0.25) is 14.6 Å². The van der Waals surface area contributed by atoms with E-state index in [0.717, 1.165) is 5.01 Å². The molecule has 22 heavy (non-hydrogen) atoms. The van der Waals surface area contributed by atoms with Crippen molar-refractivity contribution in [2.24, 2.45) is 0 Å². The second-order valence-electron chi connectivity index (χ2n) is 4.78. The molecule has 1 aromatic carbocycles. The second-order valence-corrected chi connectivity index (χ2v) is 6.48. The number of sulfonamides is 1. The molecule has 1 amide bonds. The normalized spacial score (nSPS) is 19.2. The Morgan fingerprint density at radius 3 is 2.68 bits per heavy atom. The number of ether oxygens (including phenoxy) is 1. The molecule has 0 aromatic heterocycles. The smallest absolute Gasteiger partial charge is 0.306 e. The minimum absolute atomic E-state index is 0.0307. The molecule has 2 rings (SSSR count). The molecule has 120 valence electrons. The maximum Gasteiger partial charge on any atom is 0.306 e. The van der Waals surface area contributed by atoms with Crippen LogP contribution in [0.1, 0.15) is 12.0 Å². The average molecular weight is 328 g/mol. The fraction of sp³-hybridized carbons (Fsp3) is 0.385. The SMILES string of the molecule is O=C(O)C[C@@H]1OCCN(NS(=O)(=O)Cc2ccccc2)C1=O. The summed E-state index contributed by atoms with van der Waals surface area (Å²) in [7, 11) is -3.77. The molecule has 0 spiro atoms. The van der Waals surface area contributed by atoms with E-state index in [2.05, 4.69) is 4.83 Å². The number of carbonyl (C=O) groups excluding carboxylic acids is 1. The standard InChI is InChI=1S/C13H16N2O6S/c16-12(17)8-11-13(18)15(6-7-21-11)14-22(19,20)9-10-4-2-1-3-5-10/h1-5,11,14H,6-9H2,(H,16,17)/t11-/m0/s1. The number of benzene rings is 1. The molecule has 1 atom stereocenters. The molecule has 0 unspecified atom stereocenters. The number of nitrogens with zero attached hydrogens (tertiary/aromatic N) is 1. The number of carboxylic acids is 1. The monoisotopic (exact) mass is 328 g/mol. The lowest BCUT2D eigenvalue weighted by Gasteiger charge is -2.31. The predicted molar refractivity (Wildman–Crippen MR) is 75.9 cm³/mol. The fourth-order valence-corrected chi connectivity index (χ4v) is 3.24. The molecule has 1 fully saturated rings. The molecule has 9 heteroatoms. The van der Waals surface area contributed by atoms with Crippen molar-refractivity contribution < 1.29 is 27.9 Å². The zero-order valence-corrected chi connectivity index (χ0v) is 12.5. The number of amides is 1. The minimum Gasteiger partial charge on any atom is -0.481 e. The fourth-order valence-electron chi connectivity index (χ4n) is 2.03. The number of hydrazine groups is 1. The minimum atomic E-state index is -3.77. The van der Waals surface area contributed by atoms with E-state index in [9.17, 15) is 18.0 Å². The zero-order chi connectivity index (χ0) is 16.2. The lowest BCUT2D eigenvalue weighted by molar-refractivity contribution is -0.161. The first kappa shape index (κ1) is 16.4. The highest BCUT2D eigenvalue weighted by molar-refractivity contribution is 7.88. The number of morpholine rings is 1. The molecule has 0 bridgehead atoms. The summed E-state index contributed by atoms with van der Waals surface area (Å²) in [6.45, 7) is 0.0977. The van der Waals surface area contributed by atoms with Crippen molar-refractivity contribution in [2.75, 3.05) is 13.2 Å². The Labute approximate surface area is 127 Å². The van der Waals surface area contributed by atoms with Crippen molar-refractivity contribution in [3.05, 3.63) is 35.9 Å². The number of hydrogen-bond donors (Lipinski definition) is 2. The van der Waals surface area contributed by atoms with E-state index in [1.807, 2.05) is 0 Å². The molecule has 0 saturated carbocycles. The highest BCUT2D eigenvalue weighted by Gasteiger charge is 2.33. The van der Waals surface area contributed by atoms with Gasteiger partial charge in [-0.15, -0.1) is 4.83 Å². The molecule has 1 saturated heterocycles. The molecule has 1 heterocycles. The number of carbonyl (C=O) groups is 2. The third kappa shape index (κ3) is 4.52. The molecule has 0 radical (unpaired) electrons. The van der Waals surface area contributed by atoms with Gasteiger partial charge in [0, 0.05) is 0 Å². The Bertz CT molecular complexity index is 646. The molecule has 2 N–H and O–H groups in total. The van der Waals surface area contributed by atoms with E-state index in [0.29, 0.717) is 5.56 Å². The van der Waals surface area contributed by atoms with Gasteiger partial charge in [0.1, 0.15) is 6.10 Å². The van der Waals surface area contributed by atoms with E-state index in [1.165, 1.54) is 0 Å². The van der Waals surface area contributed by atoms with Gasteiger partial charge in [-0.25, -0.2) is 8.42 Å². The molecule has 0 aliphatic carbocycles. The largest absolute Gasteiger partial charge is 0.481 e. The van der Waals surface area contributed by atoms with E-state index >= 15 is 0 Å². The van der Waals surface area contributed by atoms with Crippen molar-refractivity contribution in [1.82, 2.24) is 9.84 Å². The summed E-state index contributed by atoms with van der Waals surface area (Å²) in [5.41, 5.74) is 0.581. The predicted octanol–water partition coefficient (Wildman–Crippen LogP) is -0.277. The van der Waals surface area contributed by atoms with Gasteiger partial charge < -0.3 is 9.84 Å². The van der Waals surface area contributed by atoms with Crippen molar-refractivity contribution in [2.45, 2.75) is 18.3 Å². The lowest BCUT2D eigenvalue weighted by atomic mass is 10.2. The molecule has 1 aliphatic rings. The third-order valence-electron chi connectivity index (χ3n) is 2.98. The van der Waals surface area contributed by atoms with Crippen LogP contribution in [0.2, 0.25) is 0 Å². The molecule has 8 nitrogen and oxygen atoms in total. The van der Waals surface area contributed by atoms with E-state index in [4.69, 9.17) is 9.84 Å². The first-order chi connectivity index (χ1) is 10.4. The summed E-state index contributed by atoms with van der Waals surface area (Å²) in [6, 6.07) is 8.52. The Morgan fingerprint density at radius 1 is 1.36 bits per heavy atom. The second kappa shape index (κ2) is 6.86. The maximum atomic E-state index is 12.1. The van der Waals surface area contributed by atoms with Crippen molar-refractivity contribution in [1.29, 1.82) is 0 Å². The summed E-state index contributed by atoms with van der Waals surface area (Å²) in [4.78, 5) is 24.8. The quantitative estimate of drug-likeness (QED) is 0.743. The van der Waals surface area contributed by atoms with E-state index in [-0.39, 0.29) is 18.9 Å². The van der Waals surface area contributed by atoms with Gasteiger partial charge in [0.15, 0.2) is 0 Å². The molecular weight excluding hydrogens is 312 g/mol. The van der Waals surface area contributed by atoms with Gasteiger partial charge in [0.05, 0.1) is 25.3 Å². The van der Waals surface area contributed by atoms with Crippen LogP contribution in [-0.2, 0) is 30.1 Å². The number of nitrogens with one attached hydrogen (secondary N) is 1. The van der Waals surface area contributed by atoms with Crippen LogP contribution in [0.15, 0.2) is 30.3 Å². The Morgan fingerprint density at radius 2 is 2.05 bits per heavy atom. The van der Waals surface area contributed by atoms with Crippen LogP contribution in [0.3, 0.4) is 0 Å². The molecular formula is C13H16N2O6S. The van der Waals surface area contributed by atoms with Gasteiger partial charge in [-0.1, -0.05) is 30.3 Å². The average Bonchev–Trinajstić information content (AvgIpc) is 2.43. The highest BCUT2D eigenvalue weighted by atomic mass is 32.2. The number of carboxylic acid groups (broad SMARTS) is 1. The van der Waals surface area contributed by atoms with Crippen molar-refractivity contribution in [3.63, 3.8) is 0 Å². The number of hydrogen-bond acceptors (Lipinski definition) is 5. The van der Waals surface area contributed by atoms with Crippen LogP contribution in [-0.4, -0.2) is 49.7 Å². The van der Waals surface area contributed by atoms with Crippen LogP contribution < -0.4 is 4.83 Å². The zero-order valence-electron chi connectivity index (χ0n) is 11.6. The van der Waals surface area contributed by atoms with Crippen LogP contribution in [0, 0.1) is 0 Å².